The molecule has 0 radical (unpaired) electrons. The third-order valence-electron chi connectivity index (χ3n) is 3.33. The minimum atomic E-state index is -0.838. The molecule has 19 heavy (non-hydrogen) atoms. The van der Waals surface area contributed by atoms with Crippen molar-refractivity contribution in [2.75, 3.05) is 0 Å². The van der Waals surface area contributed by atoms with Crippen molar-refractivity contribution in [1.29, 1.82) is 0 Å². The third kappa shape index (κ3) is 2.68. The van der Waals surface area contributed by atoms with Crippen LogP contribution in [0.4, 0.5) is 0 Å². The molecule has 1 fully saturated rings. The zero-order valence-electron chi connectivity index (χ0n) is 10.7. The number of thiazole rings is 1. The van der Waals surface area contributed by atoms with Crippen LogP contribution < -0.4 is 0 Å². The third-order valence-corrected chi connectivity index (χ3v) is 4.39. The second kappa shape index (κ2) is 4.78. The van der Waals surface area contributed by atoms with Crippen LogP contribution in [0.2, 0.25) is 0 Å². The fraction of sp³-hybridized carbons (Fsp3) is 0.333. The first-order valence-corrected chi connectivity index (χ1v) is 7.23. The Hall–Kier alpha value is -1.68. The molecular weight excluding hydrogens is 258 g/mol. The van der Waals surface area contributed by atoms with E-state index in [-0.39, 0.29) is 0 Å². The van der Waals surface area contributed by atoms with Crippen molar-refractivity contribution in [1.82, 2.24) is 4.98 Å². The summed E-state index contributed by atoms with van der Waals surface area (Å²) in [5.41, 5.74) is 3.21. The lowest BCUT2D eigenvalue weighted by atomic mass is 10.1. The highest BCUT2D eigenvalue weighted by Gasteiger charge is 2.31. The number of hydrogen-bond donors (Lipinski definition) is 1. The predicted molar refractivity (Wildman–Crippen MR) is 75.0 cm³/mol. The van der Waals surface area contributed by atoms with Crippen molar-refractivity contribution in [2.45, 2.75) is 32.1 Å². The van der Waals surface area contributed by atoms with Crippen LogP contribution in [-0.2, 0) is 6.42 Å². The molecule has 4 heteroatoms. The molecular formula is C15H15NO2S. The topological polar surface area (TPSA) is 50.2 Å². The predicted octanol–water partition coefficient (Wildman–Crippen LogP) is 3.62. The fourth-order valence-corrected chi connectivity index (χ4v) is 3.14. The van der Waals surface area contributed by atoms with E-state index in [9.17, 15) is 9.90 Å². The number of rotatable bonds is 4. The van der Waals surface area contributed by atoms with Gasteiger partial charge in [-0.1, -0.05) is 29.8 Å². The van der Waals surface area contributed by atoms with Crippen LogP contribution in [0, 0.1) is 6.92 Å². The number of aromatic nitrogens is 1. The van der Waals surface area contributed by atoms with Crippen molar-refractivity contribution in [3.63, 3.8) is 0 Å². The number of aromatic carboxylic acids is 1. The number of nitrogens with zero attached hydrogens (tertiary/aromatic N) is 1. The van der Waals surface area contributed by atoms with Crippen molar-refractivity contribution in [2.24, 2.45) is 0 Å². The number of aryl methyl sites for hydroxylation is 1. The highest BCUT2D eigenvalue weighted by Crippen LogP contribution is 2.42. The molecule has 1 saturated carbocycles. The first kappa shape index (κ1) is 12.4. The van der Waals surface area contributed by atoms with E-state index >= 15 is 0 Å². The van der Waals surface area contributed by atoms with Crippen LogP contribution in [0.15, 0.2) is 24.3 Å². The molecule has 2 aromatic rings. The average molecular weight is 273 g/mol. The van der Waals surface area contributed by atoms with Gasteiger partial charge in [0.2, 0.25) is 0 Å². The lowest BCUT2D eigenvalue weighted by Gasteiger charge is -1.98. The van der Waals surface area contributed by atoms with Crippen molar-refractivity contribution in [3.8, 4) is 0 Å². The van der Waals surface area contributed by atoms with Gasteiger partial charge < -0.3 is 5.11 Å². The van der Waals surface area contributed by atoms with Crippen molar-refractivity contribution < 1.29 is 9.90 Å². The Kier molecular flexibility index (Phi) is 3.11. The largest absolute Gasteiger partial charge is 0.477 e. The molecule has 3 nitrogen and oxygen atoms in total. The van der Waals surface area contributed by atoms with Gasteiger partial charge in [-0.3, -0.25) is 0 Å². The fourth-order valence-electron chi connectivity index (χ4n) is 2.12. The summed E-state index contributed by atoms with van der Waals surface area (Å²) in [6.07, 6.45) is 2.87. The van der Waals surface area contributed by atoms with E-state index in [1.807, 2.05) is 0 Å². The maximum absolute atomic E-state index is 11.2. The van der Waals surface area contributed by atoms with Crippen LogP contribution in [0.5, 0.6) is 0 Å². The summed E-state index contributed by atoms with van der Waals surface area (Å²) in [6.45, 7) is 2.06. The standard InChI is InChI=1S/C15H15NO2S/c1-9-2-4-10(5-3-9)8-12-16-13(11-6-7-11)14(19-12)15(17)18/h2-5,11H,6-8H2,1H3,(H,17,18). The van der Waals surface area contributed by atoms with Crippen LogP contribution >= 0.6 is 11.3 Å². The van der Waals surface area contributed by atoms with Crippen LogP contribution in [-0.4, -0.2) is 16.1 Å². The van der Waals surface area contributed by atoms with E-state index in [0.717, 1.165) is 30.0 Å². The molecule has 0 unspecified atom stereocenters. The smallest absolute Gasteiger partial charge is 0.347 e. The number of benzene rings is 1. The van der Waals surface area contributed by atoms with E-state index in [0.29, 0.717) is 10.8 Å². The average Bonchev–Trinajstić information content (AvgIpc) is 3.13. The highest BCUT2D eigenvalue weighted by atomic mass is 32.1. The summed E-state index contributed by atoms with van der Waals surface area (Å²) in [5.74, 6) is -0.455. The highest BCUT2D eigenvalue weighted by molar-refractivity contribution is 7.13. The second-order valence-corrected chi connectivity index (χ2v) is 6.15. The molecule has 1 aromatic heterocycles. The summed E-state index contributed by atoms with van der Waals surface area (Å²) in [7, 11) is 0. The first-order valence-electron chi connectivity index (χ1n) is 6.42. The van der Waals surface area contributed by atoms with Gasteiger partial charge in [0.25, 0.3) is 0 Å². The Bertz CT molecular complexity index is 612. The second-order valence-electron chi connectivity index (χ2n) is 5.06. The van der Waals surface area contributed by atoms with Gasteiger partial charge in [-0.15, -0.1) is 11.3 Å². The summed E-state index contributed by atoms with van der Waals surface area (Å²) < 4.78 is 0. The SMILES string of the molecule is Cc1ccc(Cc2nc(C3CC3)c(C(=O)O)s2)cc1. The molecule has 1 aromatic carbocycles. The maximum atomic E-state index is 11.2. The molecule has 98 valence electrons. The minimum Gasteiger partial charge on any atom is -0.477 e. The summed E-state index contributed by atoms with van der Waals surface area (Å²) in [5, 5.41) is 10.1. The zero-order chi connectivity index (χ0) is 13.4. The maximum Gasteiger partial charge on any atom is 0.347 e. The zero-order valence-corrected chi connectivity index (χ0v) is 11.5. The van der Waals surface area contributed by atoms with Crippen molar-refractivity contribution in [3.05, 3.63) is 51.0 Å². The van der Waals surface area contributed by atoms with E-state index in [1.54, 1.807) is 0 Å². The lowest BCUT2D eigenvalue weighted by molar-refractivity contribution is 0.0700. The van der Waals surface area contributed by atoms with E-state index in [1.165, 1.54) is 22.5 Å². The molecule has 0 bridgehead atoms. The van der Waals surface area contributed by atoms with Gasteiger partial charge in [-0.05, 0) is 25.3 Å². The number of carbonyl (C=O) groups is 1. The molecule has 1 heterocycles. The Balaban J connectivity index is 1.86. The molecule has 1 aliphatic rings. The Labute approximate surface area is 115 Å². The molecule has 0 aliphatic heterocycles. The molecule has 0 amide bonds. The summed E-state index contributed by atoms with van der Waals surface area (Å²) in [6, 6.07) is 8.30. The Morgan fingerprint density at radius 1 is 1.37 bits per heavy atom. The van der Waals surface area contributed by atoms with Crippen molar-refractivity contribution >= 4 is 17.3 Å². The summed E-state index contributed by atoms with van der Waals surface area (Å²) >= 11 is 1.32. The van der Waals surface area contributed by atoms with E-state index in [2.05, 4.69) is 36.2 Å². The molecule has 3 rings (SSSR count). The number of hydrogen-bond acceptors (Lipinski definition) is 3. The monoisotopic (exact) mass is 273 g/mol. The number of carboxylic acid groups (broad SMARTS) is 1. The minimum absolute atomic E-state index is 0.383. The molecule has 1 N–H and O–H groups in total. The van der Waals surface area contributed by atoms with Crippen LogP contribution in [0.1, 0.15) is 50.3 Å². The Morgan fingerprint density at radius 3 is 2.63 bits per heavy atom. The van der Waals surface area contributed by atoms with Gasteiger partial charge in [0, 0.05) is 12.3 Å². The van der Waals surface area contributed by atoms with Gasteiger partial charge >= 0.3 is 5.97 Å². The quantitative estimate of drug-likeness (QED) is 0.925. The van der Waals surface area contributed by atoms with Crippen LogP contribution in [0.25, 0.3) is 0 Å². The normalized spacial score (nSPS) is 14.6. The van der Waals surface area contributed by atoms with Gasteiger partial charge in [-0.2, -0.15) is 0 Å². The lowest BCUT2D eigenvalue weighted by Crippen LogP contribution is -1.97. The van der Waals surface area contributed by atoms with Gasteiger partial charge in [0.05, 0.1) is 10.7 Å². The van der Waals surface area contributed by atoms with Gasteiger partial charge in [0.1, 0.15) is 4.88 Å². The Morgan fingerprint density at radius 2 is 2.05 bits per heavy atom. The first-order chi connectivity index (χ1) is 9.13. The summed E-state index contributed by atoms with van der Waals surface area (Å²) in [4.78, 5) is 16.2. The molecule has 0 spiro atoms. The molecule has 1 aliphatic carbocycles. The van der Waals surface area contributed by atoms with E-state index < -0.39 is 5.97 Å². The van der Waals surface area contributed by atoms with Gasteiger partial charge in [0.15, 0.2) is 0 Å². The number of carboxylic acids is 1. The molecule has 0 atom stereocenters. The van der Waals surface area contributed by atoms with Gasteiger partial charge in [-0.25, -0.2) is 9.78 Å². The van der Waals surface area contributed by atoms with Crippen LogP contribution in [0.3, 0.4) is 0 Å². The molecule has 0 saturated heterocycles. The van der Waals surface area contributed by atoms with E-state index in [4.69, 9.17) is 0 Å².